The van der Waals surface area contributed by atoms with E-state index in [-0.39, 0.29) is 23.4 Å². The van der Waals surface area contributed by atoms with E-state index in [0.29, 0.717) is 40.6 Å². The molecule has 212 valence electrons. The molecule has 0 aliphatic carbocycles. The first-order chi connectivity index (χ1) is 20.4. The van der Waals surface area contributed by atoms with E-state index in [1.165, 1.54) is 6.07 Å². The molecule has 10 nitrogen and oxygen atoms in total. The van der Waals surface area contributed by atoms with Crippen molar-refractivity contribution in [2.75, 3.05) is 11.9 Å². The van der Waals surface area contributed by atoms with Crippen LogP contribution in [0.4, 0.5) is 5.82 Å². The number of hydrogen-bond donors (Lipinski definition) is 1. The van der Waals surface area contributed by atoms with Gasteiger partial charge in [-0.2, -0.15) is 4.98 Å². The molecule has 1 fully saturated rings. The molecule has 0 radical (unpaired) electrons. The second kappa shape index (κ2) is 12.1. The van der Waals surface area contributed by atoms with Gasteiger partial charge in [0, 0.05) is 48.0 Å². The Labute approximate surface area is 243 Å². The van der Waals surface area contributed by atoms with Crippen molar-refractivity contribution in [3.8, 4) is 23.1 Å². The predicted molar refractivity (Wildman–Crippen MR) is 161 cm³/mol. The van der Waals surface area contributed by atoms with Gasteiger partial charge in [-0.25, -0.2) is 9.97 Å². The summed E-state index contributed by atoms with van der Waals surface area (Å²) in [5.74, 6) is 5.96. The molecule has 5 aromatic rings. The summed E-state index contributed by atoms with van der Waals surface area (Å²) in [6.45, 7) is 8.08. The lowest BCUT2D eigenvalue weighted by molar-refractivity contribution is -0.126. The largest absolute Gasteiger partial charge is 0.322 e. The molecule has 1 aliphatic heterocycles. The maximum Gasteiger partial charge on any atom is 0.299 e. The van der Waals surface area contributed by atoms with Gasteiger partial charge in [0.25, 0.3) is 17.4 Å². The minimum Gasteiger partial charge on any atom is -0.322 e. The highest BCUT2D eigenvalue weighted by atomic mass is 16.2. The number of pyridine rings is 1. The van der Waals surface area contributed by atoms with Gasteiger partial charge in [-0.1, -0.05) is 38.0 Å². The molecule has 1 aliphatic rings. The van der Waals surface area contributed by atoms with Crippen molar-refractivity contribution in [3.63, 3.8) is 0 Å². The average Bonchev–Trinajstić information content (AvgIpc) is 3.64. The Bertz CT molecular complexity index is 1900. The molecular weight excluding hydrogens is 530 g/mol. The number of fused-ring (bicyclic) bond motifs is 3. The number of hydrogen-bond acceptors (Lipinski definition) is 6. The Balaban J connectivity index is 0.00000173. The number of rotatable bonds is 4. The normalized spacial score (nSPS) is 14.2. The molecule has 42 heavy (non-hydrogen) atoms. The summed E-state index contributed by atoms with van der Waals surface area (Å²) in [5, 5.41) is 2.78. The molecule has 1 N–H and O–H groups in total. The van der Waals surface area contributed by atoms with Gasteiger partial charge in [0.15, 0.2) is 5.65 Å². The zero-order chi connectivity index (χ0) is 29.8. The number of aromatic nitrogens is 5. The van der Waals surface area contributed by atoms with Gasteiger partial charge in [0.2, 0.25) is 0 Å². The third-order valence-corrected chi connectivity index (χ3v) is 7.04. The summed E-state index contributed by atoms with van der Waals surface area (Å²) in [6.07, 6.45) is 6.91. The van der Waals surface area contributed by atoms with E-state index in [1.807, 2.05) is 54.1 Å². The first-order valence-electron chi connectivity index (χ1n) is 13.9. The van der Waals surface area contributed by atoms with Gasteiger partial charge in [0.1, 0.15) is 22.9 Å². The Kier molecular flexibility index (Phi) is 8.11. The van der Waals surface area contributed by atoms with Crippen molar-refractivity contribution in [2.24, 2.45) is 0 Å². The molecule has 0 saturated carbocycles. The molecule has 1 saturated heterocycles. The lowest BCUT2D eigenvalue weighted by Gasteiger charge is -2.21. The Morgan fingerprint density at radius 1 is 1.02 bits per heavy atom. The molecule has 6 rings (SSSR count). The van der Waals surface area contributed by atoms with Crippen LogP contribution >= 0.6 is 0 Å². The standard InChI is InChI=1S/C30H25N7O3.C2H6/c1-3-7-25(39)36-15-6-8-22(36)28-34-26(27-29-33-24(38)18-19(2)35(29)16-17-37(27)28)20-10-12-21(13-11-20)30(40)32-23-9-4-5-14-31-23;1-2/h4-5,9-14,16-18,22H,6,8,15H2,1-2H3,(H,31,32,40);1-2H3/t22-;/m0./s1. The number of imidazole rings is 1. The van der Waals surface area contributed by atoms with E-state index in [1.54, 1.807) is 48.4 Å². The zero-order valence-corrected chi connectivity index (χ0v) is 24.0. The molecule has 5 heterocycles. The third-order valence-electron chi connectivity index (χ3n) is 7.04. The van der Waals surface area contributed by atoms with Crippen LogP contribution in [0.15, 0.2) is 71.9 Å². The Morgan fingerprint density at radius 3 is 2.50 bits per heavy atom. The van der Waals surface area contributed by atoms with Crippen LogP contribution in [-0.2, 0) is 4.79 Å². The van der Waals surface area contributed by atoms with Crippen molar-refractivity contribution in [1.82, 2.24) is 28.7 Å². The molecule has 2 amide bonds. The quantitative estimate of drug-likeness (QED) is 0.319. The van der Waals surface area contributed by atoms with Crippen LogP contribution in [0.1, 0.15) is 61.5 Å². The van der Waals surface area contributed by atoms with Crippen molar-refractivity contribution in [3.05, 3.63) is 94.6 Å². The van der Waals surface area contributed by atoms with E-state index < -0.39 is 0 Å². The van der Waals surface area contributed by atoms with Crippen molar-refractivity contribution in [2.45, 2.75) is 46.6 Å². The maximum atomic E-state index is 12.8. The van der Waals surface area contributed by atoms with Crippen LogP contribution in [0, 0.1) is 18.8 Å². The fraction of sp³-hybridized carbons (Fsp3) is 0.250. The highest BCUT2D eigenvalue weighted by Crippen LogP contribution is 2.36. The van der Waals surface area contributed by atoms with Gasteiger partial charge in [0.05, 0.1) is 6.04 Å². The highest BCUT2D eigenvalue weighted by Gasteiger charge is 2.33. The van der Waals surface area contributed by atoms with Crippen LogP contribution in [0.2, 0.25) is 0 Å². The number of amides is 2. The van der Waals surface area contributed by atoms with Crippen molar-refractivity contribution >= 4 is 28.8 Å². The predicted octanol–water partition coefficient (Wildman–Crippen LogP) is 4.68. The van der Waals surface area contributed by atoms with Crippen LogP contribution in [0.3, 0.4) is 0 Å². The smallest absolute Gasteiger partial charge is 0.299 e. The van der Waals surface area contributed by atoms with E-state index in [9.17, 15) is 14.4 Å². The van der Waals surface area contributed by atoms with Gasteiger partial charge in [-0.3, -0.25) is 18.8 Å². The molecule has 1 atom stereocenters. The molecule has 0 spiro atoms. The summed E-state index contributed by atoms with van der Waals surface area (Å²) >= 11 is 0. The van der Waals surface area contributed by atoms with Crippen LogP contribution in [-0.4, -0.2) is 47.0 Å². The summed E-state index contributed by atoms with van der Waals surface area (Å²) in [6, 6.07) is 13.6. The second-order valence-electron chi connectivity index (χ2n) is 9.54. The van der Waals surface area contributed by atoms with Gasteiger partial charge >= 0.3 is 0 Å². The summed E-state index contributed by atoms with van der Waals surface area (Å²) in [5.41, 5.74) is 3.29. The van der Waals surface area contributed by atoms with E-state index in [0.717, 1.165) is 24.1 Å². The molecule has 0 unspecified atom stereocenters. The lowest BCUT2D eigenvalue weighted by Crippen LogP contribution is -2.30. The SMILES string of the molecule is CC.CC#CC(=O)N1CCC[C@H]1c1nc(-c2ccc(C(=O)Nc3ccccn3)cc2)c2c3nc(=O)cc(C)n3ccn12. The topological polar surface area (TPSA) is 114 Å². The van der Waals surface area contributed by atoms with Crippen molar-refractivity contribution < 1.29 is 9.59 Å². The fourth-order valence-corrected chi connectivity index (χ4v) is 5.21. The first-order valence-corrected chi connectivity index (χ1v) is 13.9. The molecule has 1 aromatic carbocycles. The monoisotopic (exact) mass is 561 g/mol. The number of nitrogens with one attached hydrogen (secondary N) is 1. The summed E-state index contributed by atoms with van der Waals surface area (Å²) in [4.78, 5) is 53.3. The van der Waals surface area contributed by atoms with E-state index in [4.69, 9.17) is 4.98 Å². The van der Waals surface area contributed by atoms with Gasteiger partial charge in [-0.05, 0) is 56.9 Å². The maximum absolute atomic E-state index is 12.8. The number of carbonyl (C=O) groups is 2. The van der Waals surface area contributed by atoms with Crippen LogP contribution in [0.25, 0.3) is 22.4 Å². The minimum atomic E-state index is -0.350. The number of nitrogens with zero attached hydrogens (tertiary/aromatic N) is 6. The van der Waals surface area contributed by atoms with Crippen molar-refractivity contribution in [1.29, 1.82) is 0 Å². The fourth-order valence-electron chi connectivity index (χ4n) is 5.21. The molecule has 4 aromatic heterocycles. The Hall–Kier alpha value is -5.30. The minimum absolute atomic E-state index is 0.238. The number of carbonyl (C=O) groups excluding carboxylic acids is 2. The lowest BCUT2D eigenvalue weighted by atomic mass is 10.1. The zero-order valence-electron chi connectivity index (χ0n) is 24.0. The van der Waals surface area contributed by atoms with Gasteiger partial charge in [-0.15, -0.1) is 0 Å². The number of aryl methyl sites for hydroxylation is 1. The van der Waals surface area contributed by atoms with Crippen LogP contribution in [0.5, 0.6) is 0 Å². The number of anilines is 1. The third kappa shape index (κ3) is 5.24. The average molecular weight is 562 g/mol. The van der Waals surface area contributed by atoms with Crippen LogP contribution < -0.4 is 10.9 Å². The van der Waals surface area contributed by atoms with Gasteiger partial charge < -0.3 is 14.6 Å². The number of benzene rings is 1. The Morgan fingerprint density at radius 2 is 1.79 bits per heavy atom. The highest BCUT2D eigenvalue weighted by molar-refractivity contribution is 6.04. The first kappa shape index (κ1) is 28.2. The molecular formula is C32H31N7O3. The summed E-state index contributed by atoms with van der Waals surface area (Å²) in [7, 11) is 0. The number of likely N-dealkylation sites (tertiary alicyclic amines) is 1. The second-order valence-corrected chi connectivity index (χ2v) is 9.54. The molecule has 0 bridgehead atoms. The van der Waals surface area contributed by atoms with E-state index >= 15 is 0 Å². The summed E-state index contributed by atoms with van der Waals surface area (Å²) < 4.78 is 3.76. The van der Waals surface area contributed by atoms with E-state index in [2.05, 4.69) is 27.1 Å². The molecule has 10 heteroatoms.